The van der Waals surface area contributed by atoms with Crippen LogP contribution in [0.15, 0.2) is 47.2 Å². The van der Waals surface area contributed by atoms with Crippen molar-refractivity contribution in [1.82, 2.24) is 15.2 Å². The van der Waals surface area contributed by atoms with Gasteiger partial charge in [0.05, 0.1) is 11.8 Å². The molecular weight excluding hydrogens is 358 g/mol. The number of pyridine rings is 1. The largest absolute Gasteiger partial charge is 0.465 e. The number of piperazine rings is 1. The molecule has 0 saturated carbocycles. The Morgan fingerprint density at radius 1 is 1.25 bits per heavy atom. The number of amides is 2. The van der Waals surface area contributed by atoms with Gasteiger partial charge < -0.3 is 19.5 Å². The maximum atomic E-state index is 12.3. The number of carbonyl (C=O) groups excluding carboxylic acids is 2. The predicted octanol–water partition coefficient (Wildman–Crippen LogP) is 1.41. The summed E-state index contributed by atoms with van der Waals surface area (Å²) in [4.78, 5) is 32.2. The first-order valence-electron chi connectivity index (χ1n) is 9.04. The maximum absolute atomic E-state index is 12.3. The molecule has 144 valence electrons. The van der Waals surface area contributed by atoms with Crippen LogP contribution in [0, 0.1) is 11.3 Å². The third-order valence-corrected chi connectivity index (χ3v) is 4.42. The third-order valence-electron chi connectivity index (χ3n) is 4.42. The van der Waals surface area contributed by atoms with Gasteiger partial charge in [0.25, 0.3) is 0 Å². The van der Waals surface area contributed by atoms with Crippen molar-refractivity contribution in [1.29, 1.82) is 5.26 Å². The quantitative estimate of drug-likeness (QED) is 0.762. The Hall–Kier alpha value is -3.60. The summed E-state index contributed by atoms with van der Waals surface area (Å²) in [5.74, 6) is 0.981. The first-order chi connectivity index (χ1) is 13.7. The van der Waals surface area contributed by atoms with Gasteiger partial charge in [-0.25, -0.2) is 4.98 Å². The van der Waals surface area contributed by atoms with Crippen LogP contribution in [-0.2, 0) is 9.59 Å². The molecule has 0 aromatic carbocycles. The zero-order valence-corrected chi connectivity index (χ0v) is 15.4. The number of hydrogen-bond acceptors (Lipinski definition) is 6. The van der Waals surface area contributed by atoms with Gasteiger partial charge in [-0.1, -0.05) is 0 Å². The van der Waals surface area contributed by atoms with Gasteiger partial charge in [0.15, 0.2) is 0 Å². The number of furan rings is 1. The lowest BCUT2D eigenvalue weighted by atomic mass is 10.2. The van der Waals surface area contributed by atoms with E-state index < -0.39 is 0 Å². The molecule has 0 spiro atoms. The molecule has 1 fully saturated rings. The van der Waals surface area contributed by atoms with Crippen LogP contribution in [0.4, 0.5) is 5.82 Å². The number of nitrogens with one attached hydrogen (secondary N) is 1. The molecule has 0 radical (unpaired) electrons. The average molecular weight is 379 g/mol. The fourth-order valence-corrected chi connectivity index (χ4v) is 2.96. The second kappa shape index (κ2) is 9.37. The molecule has 0 bridgehead atoms. The third kappa shape index (κ3) is 4.98. The summed E-state index contributed by atoms with van der Waals surface area (Å²) >= 11 is 0. The van der Waals surface area contributed by atoms with Crippen LogP contribution in [0.5, 0.6) is 0 Å². The fraction of sp³-hybridized carbons (Fsp3) is 0.300. The minimum Gasteiger partial charge on any atom is -0.465 e. The smallest absolute Gasteiger partial charge is 0.244 e. The second-order valence-electron chi connectivity index (χ2n) is 6.24. The molecule has 28 heavy (non-hydrogen) atoms. The van der Waals surface area contributed by atoms with Crippen LogP contribution in [0.2, 0.25) is 0 Å². The molecule has 2 aromatic rings. The van der Waals surface area contributed by atoms with E-state index in [-0.39, 0.29) is 24.8 Å². The second-order valence-corrected chi connectivity index (χ2v) is 6.24. The monoisotopic (exact) mass is 379 g/mol. The van der Waals surface area contributed by atoms with Crippen LogP contribution < -0.4 is 10.2 Å². The van der Waals surface area contributed by atoms with Gasteiger partial charge in [-0.3, -0.25) is 9.59 Å². The SMILES string of the molecule is N#Cc1cccnc1N1CCN(C(=O)CCNC(=O)/C=C/c2ccco2)CC1. The number of carbonyl (C=O) groups is 2. The molecular formula is C20H21N5O3. The van der Waals surface area contributed by atoms with E-state index >= 15 is 0 Å². The highest BCUT2D eigenvalue weighted by atomic mass is 16.3. The highest BCUT2D eigenvalue weighted by Crippen LogP contribution is 2.18. The van der Waals surface area contributed by atoms with Crippen molar-refractivity contribution in [3.63, 3.8) is 0 Å². The molecule has 8 nitrogen and oxygen atoms in total. The number of aromatic nitrogens is 1. The predicted molar refractivity (Wildman–Crippen MR) is 103 cm³/mol. The Morgan fingerprint density at radius 3 is 2.79 bits per heavy atom. The minimum atomic E-state index is -0.270. The maximum Gasteiger partial charge on any atom is 0.244 e. The van der Waals surface area contributed by atoms with E-state index in [0.29, 0.717) is 43.3 Å². The van der Waals surface area contributed by atoms with E-state index in [2.05, 4.69) is 16.4 Å². The number of hydrogen-bond donors (Lipinski definition) is 1. The molecule has 1 N–H and O–H groups in total. The summed E-state index contributed by atoms with van der Waals surface area (Å²) in [5, 5.41) is 11.9. The molecule has 1 aliphatic heterocycles. The van der Waals surface area contributed by atoms with Crippen molar-refractivity contribution in [3.8, 4) is 6.07 Å². The highest BCUT2D eigenvalue weighted by molar-refractivity contribution is 5.91. The van der Waals surface area contributed by atoms with Gasteiger partial charge in [0.1, 0.15) is 17.6 Å². The van der Waals surface area contributed by atoms with E-state index in [0.717, 1.165) is 0 Å². The van der Waals surface area contributed by atoms with E-state index in [1.807, 2.05) is 4.90 Å². The lowest BCUT2D eigenvalue weighted by Crippen LogP contribution is -2.49. The lowest BCUT2D eigenvalue weighted by molar-refractivity contribution is -0.131. The number of rotatable bonds is 6. The van der Waals surface area contributed by atoms with Crippen LogP contribution in [-0.4, -0.2) is 54.4 Å². The van der Waals surface area contributed by atoms with E-state index in [1.54, 1.807) is 41.4 Å². The van der Waals surface area contributed by atoms with Crippen molar-refractivity contribution in [2.75, 3.05) is 37.6 Å². The Bertz CT molecular complexity index is 877. The van der Waals surface area contributed by atoms with Crippen LogP contribution in [0.1, 0.15) is 17.7 Å². The topological polar surface area (TPSA) is 102 Å². The van der Waals surface area contributed by atoms with Gasteiger partial charge in [0.2, 0.25) is 11.8 Å². The number of nitriles is 1. The Kier molecular flexibility index (Phi) is 6.41. The first kappa shape index (κ1) is 19.2. The summed E-state index contributed by atoms with van der Waals surface area (Å²) in [5.41, 5.74) is 0.535. The molecule has 3 rings (SSSR count). The Morgan fingerprint density at radius 2 is 2.07 bits per heavy atom. The van der Waals surface area contributed by atoms with Crippen molar-refractivity contribution in [2.45, 2.75) is 6.42 Å². The summed E-state index contributed by atoms with van der Waals surface area (Å²) < 4.78 is 5.11. The molecule has 1 aliphatic rings. The summed E-state index contributed by atoms with van der Waals surface area (Å²) in [6.45, 7) is 2.64. The Balaban J connectivity index is 1.40. The van der Waals surface area contributed by atoms with Gasteiger partial charge in [-0.05, 0) is 30.3 Å². The zero-order valence-electron chi connectivity index (χ0n) is 15.4. The number of anilines is 1. The molecule has 0 atom stereocenters. The van der Waals surface area contributed by atoms with E-state index in [9.17, 15) is 14.9 Å². The number of nitrogens with zero attached hydrogens (tertiary/aromatic N) is 4. The summed E-state index contributed by atoms with van der Waals surface area (Å²) in [6, 6.07) is 9.11. The van der Waals surface area contributed by atoms with E-state index in [1.165, 1.54) is 12.3 Å². The summed E-state index contributed by atoms with van der Waals surface area (Å²) in [7, 11) is 0. The van der Waals surface area contributed by atoms with Crippen LogP contribution >= 0.6 is 0 Å². The summed E-state index contributed by atoms with van der Waals surface area (Å²) in [6.07, 6.45) is 6.39. The van der Waals surface area contributed by atoms with Crippen LogP contribution in [0.3, 0.4) is 0 Å². The van der Waals surface area contributed by atoms with Gasteiger partial charge >= 0.3 is 0 Å². The first-order valence-corrected chi connectivity index (χ1v) is 9.04. The highest BCUT2D eigenvalue weighted by Gasteiger charge is 2.23. The van der Waals surface area contributed by atoms with E-state index in [4.69, 9.17) is 4.42 Å². The van der Waals surface area contributed by atoms with Gasteiger partial charge in [-0.2, -0.15) is 5.26 Å². The van der Waals surface area contributed by atoms with Crippen LogP contribution in [0.25, 0.3) is 6.08 Å². The minimum absolute atomic E-state index is 0.00325. The normalized spacial score (nSPS) is 14.1. The molecule has 0 unspecified atom stereocenters. The van der Waals surface area contributed by atoms with Gasteiger partial charge in [-0.15, -0.1) is 0 Å². The molecule has 8 heteroatoms. The van der Waals surface area contributed by atoms with Crippen molar-refractivity contribution in [2.24, 2.45) is 0 Å². The van der Waals surface area contributed by atoms with Gasteiger partial charge in [0, 0.05) is 51.4 Å². The molecule has 2 aromatic heterocycles. The Labute approximate surface area is 163 Å². The average Bonchev–Trinajstić information content (AvgIpc) is 3.26. The molecule has 2 amide bonds. The standard InChI is InChI=1S/C20H21N5O3/c21-15-16-3-1-8-23-20(16)25-12-10-24(11-13-25)19(27)7-9-22-18(26)6-5-17-4-2-14-28-17/h1-6,8,14H,7,9-13H2,(H,22,26)/b6-5+. The fourth-order valence-electron chi connectivity index (χ4n) is 2.96. The molecule has 3 heterocycles. The van der Waals surface area contributed by atoms with Crippen molar-refractivity contribution >= 4 is 23.7 Å². The molecule has 1 saturated heterocycles. The van der Waals surface area contributed by atoms with Crippen molar-refractivity contribution < 1.29 is 14.0 Å². The molecule has 0 aliphatic carbocycles. The zero-order chi connectivity index (χ0) is 19.8. The lowest BCUT2D eigenvalue weighted by Gasteiger charge is -2.35. The van der Waals surface area contributed by atoms with Crippen molar-refractivity contribution in [3.05, 3.63) is 54.1 Å².